The van der Waals surface area contributed by atoms with E-state index in [1.165, 1.54) is 43.7 Å². The molecule has 2 saturated heterocycles. The fraction of sp³-hybridized carbons (Fsp3) is 0.688. The van der Waals surface area contributed by atoms with Gasteiger partial charge in [0.15, 0.2) is 0 Å². The monoisotopic (exact) mass is 259 g/mol. The van der Waals surface area contributed by atoms with Crippen LogP contribution in [0.2, 0.25) is 0 Å². The largest absolute Gasteiger partial charge is 0.364 e. The molecular weight excluding hydrogens is 234 g/mol. The number of aryl methyl sites for hydroxylation is 1. The van der Waals surface area contributed by atoms with Gasteiger partial charge >= 0.3 is 0 Å². The number of piperazine rings is 1. The van der Waals surface area contributed by atoms with Gasteiger partial charge in [0.05, 0.1) is 11.9 Å². The fourth-order valence-corrected chi connectivity index (χ4v) is 3.61. The van der Waals surface area contributed by atoms with Crippen molar-refractivity contribution in [2.24, 2.45) is 5.92 Å². The van der Waals surface area contributed by atoms with Gasteiger partial charge in [0.1, 0.15) is 0 Å². The molecule has 104 valence electrons. The molecule has 3 heterocycles. The van der Waals surface area contributed by atoms with Gasteiger partial charge in [-0.3, -0.25) is 9.88 Å². The predicted molar refractivity (Wildman–Crippen MR) is 79.5 cm³/mol. The Morgan fingerprint density at radius 1 is 1.26 bits per heavy atom. The molecule has 3 nitrogen and oxygen atoms in total. The van der Waals surface area contributed by atoms with E-state index < -0.39 is 0 Å². The number of hydrogen-bond acceptors (Lipinski definition) is 3. The Morgan fingerprint density at radius 2 is 2.11 bits per heavy atom. The molecule has 1 aromatic rings. The Bertz CT molecular complexity index is 443. The van der Waals surface area contributed by atoms with Gasteiger partial charge in [-0.2, -0.15) is 0 Å². The SMILES string of the molecule is Cc1cncc(N2CC3CCCN3CC2C(C)C)c1. The Morgan fingerprint density at radius 3 is 2.84 bits per heavy atom. The molecule has 2 aliphatic heterocycles. The van der Waals surface area contributed by atoms with E-state index in [1.807, 2.05) is 12.4 Å². The summed E-state index contributed by atoms with van der Waals surface area (Å²) in [4.78, 5) is 9.69. The number of anilines is 1. The maximum Gasteiger partial charge on any atom is 0.0558 e. The van der Waals surface area contributed by atoms with Crippen LogP contribution in [0.1, 0.15) is 32.3 Å². The number of rotatable bonds is 2. The second-order valence-corrected chi connectivity index (χ2v) is 6.48. The average Bonchev–Trinajstić information content (AvgIpc) is 2.84. The van der Waals surface area contributed by atoms with Crippen molar-refractivity contribution in [1.29, 1.82) is 0 Å². The number of hydrogen-bond donors (Lipinski definition) is 0. The van der Waals surface area contributed by atoms with Crippen LogP contribution in [0, 0.1) is 12.8 Å². The maximum atomic E-state index is 4.38. The highest BCUT2D eigenvalue weighted by molar-refractivity contribution is 5.48. The number of nitrogens with zero attached hydrogens (tertiary/aromatic N) is 3. The first kappa shape index (κ1) is 12.9. The first-order chi connectivity index (χ1) is 9.15. The van der Waals surface area contributed by atoms with E-state index in [2.05, 4.69) is 41.6 Å². The van der Waals surface area contributed by atoms with Crippen molar-refractivity contribution in [3.05, 3.63) is 24.0 Å². The zero-order valence-corrected chi connectivity index (χ0v) is 12.3. The van der Waals surface area contributed by atoms with Crippen molar-refractivity contribution in [3.8, 4) is 0 Å². The van der Waals surface area contributed by atoms with Crippen molar-refractivity contribution in [3.63, 3.8) is 0 Å². The summed E-state index contributed by atoms with van der Waals surface area (Å²) in [6.07, 6.45) is 6.71. The smallest absolute Gasteiger partial charge is 0.0558 e. The van der Waals surface area contributed by atoms with Crippen molar-refractivity contribution in [2.45, 2.75) is 45.7 Å². The minimum absolute atomic E-state index is 0.623. The van der Waals surface area contributed by atoms with Crippen LogP contribution in [0.5, 0.6) is 0 Å². The summed E-state index contributed by atoms with van der Waals surface area (Å²) >= 11 is 0. The molecule has 1 aromatic heterocycles. The highest BCUT2D eigenvalue weighted by atomic mass is 15.3. The van der Waals surface area contributed by atoms with Gasteiger partial charge in [-0.1, -0.05) is 13.8 Å². The van der Waals surface area contributed by atoms with Gasteiger partial charge in [-0.05, 0) is 43.9 Å². The molecule has 0 bridgehead atoms. The van der Waals surface area contributed by atoms with E-state index in [0.29, 0.717) is 12.0 Å². The van der Waals surface area contributed by atoms with Crippen molar-refractivity contribution in [2.75, 3.05) is 24.5 Å². The molecular formula is C16H25N3. The van der Waals surface area contributed by atoms with Gasteiger partial charge in [-0.25, -0.2) is 0 Å². The van der Waals surface area contributed by atoms with Gasteiger partial charge in [0.25, 0.3) is 0 Å². The van der Waals surface area contributed by atoms with E-state index in [4.69, 9.17) is 0 Å². The van der Waals surface area contributed by atoms with Crippen LogP contribution >= 0.6 is 0 Å². The van der Waals surface area contributed by atoms with Crippen LogP contribution in [-0.2, 0) is 0 Å². The topological polar surface area (TPSA) is 19.4 Å². The molecule has 0 radical (unpaired) electrons. The second-order valence-electron chi connectivity index (χ2n) is 6.48. The predicted octanol–water partition coefficient (Wildman–Crippen LogP) is 2.70. The van der Waals surface area contributed by atoms with E-state index >= 15 is 0 Å². The molecule has 0 aromatic carbocycles. The molecule has 2 atom stereocenters. The number of pyridine rings is 1. The third-order valence-electron chi connectivity index (χ3n) is 4.69. The van der Waals surface area contributed by atoms with Crippen molar-refractivity contribution in [1.82, 2.24) is 9.88 Å². The van der Waals surface area contributed by atoms with E-state index in [9.17, 15) is 0 Å². The number of fused-ring (bicyclic) bond motifs is 1. The normalized spacial score (nSPS) is 27.9. The quantitative estimate of drug-likeness (QED) is 0.814. The summed E-state index contributed by atoms with van der Waals surface area (Å²) < 4.78 is 0. The zero-order chi connectivity index (χ0) is 13.4. The van der Waals surface area contributed by atoms with Gasteiger partial charge in [0.2, 0.25) is 0 Å². The minimum atomic E-state index is 0.623. The third-order valence-corrected chi connectivity index (χ3v) is 4.69. The molecule has 0 saturated carbocycles. The molecule has 0 N–H and O–H groups in total. The lowest BCUT2D eigenvalue weighted by molar-refractivity contribution is 0.176. The van der Waals surface area contributed by atoms with Crippen LogP contribution in [0.25, 0.3) is 0 Å². The van der Waals surface area contributed by atoms with Gasteiger partial charge in [-0.15, -0.1) is 0 Å². The Labute approximate surface area is 116 Å². The highest BCUT2D eigenvalue weighted by Gasteiger charge is 2.37. The Balaban J connectivity index is 1.88. The summed E-state index contributed by atoms with van der Waals surface area (Å²) in [7, 11) is 0. The summed E-state index contributed by atoms with van der Waals surface area (Å²) in [5.41, 5.74) is 2.57. The third kappa shape index (κ3) is 2.48. The summed E-state index contributed by atoms with van der Waals surface area (Å²) in [5.74, 6) is 0.682. The Hall–Kier alpha value is -1.09. The molecule has 3 heteroatoms. The lowest BCUT2D eigenvalue weighted by Gasteiger charge is -2.46. The second kappa shape index (κ2) is 5.12. The summed E-state index contributed by atoms with van der Waals surface area (Å²) in [6, 6.07) is 3.67. The molecule has 2 aliphatic rings. The van der Waals surface area contributed by atoms with Crippen LogP contribution in [0.3, 0.4) is 0 Å². The Kier molecular flexibility index (Phi) is 3.48. The van der Waals surface area contributed by atoms with E-state index in [1.54, 1.807) is 0 Å². The maximum absolute atomic E-state index is 4.38. The van der Waals surface area contributed by atoms with Crippen molar-refractivity contribution >= 4 is 5.69 Å². The lowest BCUT2D eigenvalue weighted by Crippen LogP contribution is -2.58. The molecule has 0 amide bonds. The van der Waals surface area contributed by atoms with Crippen molar-refractivity contribution < 1.29 is 0 Å². The summed E-state index contributed by atoms with van der Waals surface area (Å²) in [6.45, 7) is 10.5. The molecule has 0 aliphatic carbocycles. The molecule has 2 fully saturated rings. The lowest BCUT2D eigenvalue weighted by atomic mass is 9.96. The molecule has 0 spiro atoms. The van der Waals surface area contributed by atoms with E-state index in [0.717, 1.165) is 6.04 Å². The first-order valence-corrected chi connectivity index (χ1v) is 7.57. The van der Waals surface area contributed by atoms with Gasteiger partial charge < -0.3 is 4.90 Å². The van der Waals surface area contributed by atoms with E-state index in [-0.39, 0.29) is 0 Å². The standard InChI is InChI=1S/C16H25N3/c1-12(2)16-11-18-6-4-5-14(18)10-19(16)15-7-13(3)8-17-9-15/h7-9,12,14,16H,4-6,10-11H2,1-3H3. The van der Waals surface area contributed by atoms with Crippen LogP contribution < -0.4 is 4.90 Å². The van der Waals surface area contributed by atoms with Crippen LogP contribution in [0.15, 0.2) is 18.5 Å². The molecule has 2 unspecified atom stereocenters. The highest BCUT2D eigenvalue weighted by Crippen LogP contribution is 2.31. The zero-order valence-electron chi connectivity index (χ0n) is 12.3. The first-order valence-electron chi connectivity index (χ1n) is 7.57. The van der Waals surface area contributed by atoms with Gasteiger partial charge in [0, 0.05) is 31.4 Å². The van der Waals surface area contributed by atoms with Crippen LogP contribution in [-0.4, -0.2) is 41.6 Å². The molecule has 3 rings (SSSR count). The fourth-order valence-electron chi connectivity index (χ4n) is 3.61. The minimum Gasteiger partial charge on any atom is -0.364 e. The average molecular weight is 259 g/mol. The molecule has 19 heavy (non-hydrogen) atoms. The van der Waals surface area contributed by atoms with Crippen LogP contribution in [0.4, 0.5) is 5.69 Å². The summed E-state index contributed by atoms with van der Waals surface area (Å²) in [5, 5.41) is 0. The number of aromatic nitrogens is 1.